The monoisotopic (exact) mass is 427 g/mol. The molecule has 2 aromatic carbocycles. The average Bonchev–Trinajstić information content (AvgIpc) is 2.74. The van der Waals surface area contributed by atoms with Crippen LogP contribution in [0.3, 0.4) is 0 Å². The van der Waals surface area contributed by atoms with Crippen LogP contribution in [0.25, 0.3) is 0 Å². The lowest BCUT2D eigenvalue weighted by Gasteiger charge is -2.47. The highest BCUT2D eigenvalue weighted by Crippen LogP contribution is 2.29. The third-order valence-corrected chi connectivity index (χ3v) is 8.06. The van der Waals surface area contributed by atoms with Crippen LogP contribution < -0.4 is 9.62 Å². The van der Waals surface area contributed by atoms with Crippen molar-refractivity contribution in [2.45, 2.75) is 62.6 Å². The van der Waals surface area contributed by atoms with Gasteiger partial charge in [0.05, 0.1) is 4.90 Å². The molecule has 0 amide bonds. The second-order valence-corrected chi connectivity index (χ2v) is 10.5. The molecule has 0 spiro atoms. The molecule has 1 saturated heterocycles. The lowest BCUT2D eigenvalue weighted by Crippen LogP contribution is -2.60. The van der Waals surface area contributed by atoms with Crippen LogP contribution in [0.5, 0.6) is 0 Å². The van der Waals surface area contributed by atoms with Crippen molar-refractivity contribution in [1.29, 1.82) is 0 Å². The van der Waals surface area contributed by atoms with Gasteiger partial charge in [-0.15, -0.1) is 0 Å². The number of rotatable bonds is 5. The van der Waals surface area contributed by atoms with Crippen LogP contribution >= 0.6 is 0 Å². The minimum absolute atomic E-state index is 0.0262. The van der Waals surface area contributed by atoms with Crippen LogP contribution in [0.4, 0.5) is 5.69 Å². The maximum atomic E-state index is 12.9. The van der Waals surface area contributed by atoms with E-state index in [2.05, 4.69) is 52.6 Å². The molecule has 0 bridgehead atoms. The van der Waals surface area contributed by atoms with Crippen molar-refractivity contribution >= 4 is 15.7 Å². The Morgan fingerprint density at radius 2 is 1.73 bits per heavy atom. The summed E-state index contributed by atoms with van der Waals surface area (Å²) in [5, 5.41) is 0. The minimum atomic E-state index is -3.49. The molecule has 0 aromatic heterocycles. The number of piperazine rings is 1. The molecule has 1 aliphatic heterocycles. The van der Waals surface area contributed by atoms with Gasteiger partial charge in [0.25, 0.3) is 0 Å². The molecule has 162 valence electrons. The fraction of sp³-hybridized carbons (Fsp3) is 0.500. The number of sulfonamides is 1. The van der Waals surface area contributed by atoms with Gasteiger partial charge in [0.15, 0.2) is 0 Å². The van der Waals surface area contributed by atoms with Crippen molar-refractivity contribution in [3.05, 3.63) is 60.2 Å². The van der Waals surface area contributed by atoms with Crippen LogP contribution in [-0.2, 0) is 10.0 Å². The number of nitrogens with zero attached hydrogens (tertiary/aromatic N) is 2. The number of anilines is 1. The maximum absolute atomic E-state index is 12.9. The lowest BCUT2D eigenvalue weighted by molar-refractivity contribution is 0.110. The second-order valence-electron chi connectivity index (χ2n) is 8.77. The fourth-order valence-electron chi connectivity index (χ4n) is 5.03. The zero-order valence-electron chi connectivity index (χ0n) is 18.0. The summed E-state index contributed by atoms with van der Waals surface area (Å²) in [7, 11) is -3.49. The highest BCUT2D eigenvalue weighted by molar-refractivity contribution is 7.89. The Bertz CT molecular complexity index is 948. The summed E-state index contributed by atoms with van der Waals surface area (Å²) in [6, 6.07) is 18.1. The van der Waals surface area contributed by atoms with Crippen LogP contribution in [0.1, 0.15) is 38.2 Å². The van der Waals surface area contributed by atoms with Crippen molar-refractivity contribution in [3.63, 3.8) is 0 Å². The number of hydrogen-bond acceptors (Lipinski definition) is 4. The molecular formula is C24H33N3O2S. The minimum Gasteiger partial charge on any atom is -0.366 e. The largest absolute Gasteiger partial charge is 0.366 e. The van der Waals surface area contributed by atoms with Crippen LogP contribution in [-0.4, -0.2) is 51.1 Å². The Morgan fingerprint density at radius 1 is 0.967 bits per heavy atom. The van der Waals surface area contributed by atoms with Gasteiger partial charge in [0.1, 0.15) is 0 Å². The summed E-state index contributed by atoms with van der Waals surface area (Å²) in [4.78, 5) is 5.36. The smallest absolute Gasteiger partial charge is 0.240 e. The van der Waals surface area contributed by atoms with E-state index < -0.39 is 10.0 Å². The zero-order chi connectivity index (χ0) is 21.1. The Hall–Kier alpha value is -1.89. The second kappa shape index (κ2) is 9.08. The molecule has 30 heavy (non-hydrogen) atoms. The van der Waals surface area contributed by atoms with Crippen LogP contribution in [0.2, 0.25) is 0 Å². The van der Waals surface area contributed by atoms with Gasteiger partial charge in [-0.2, -0.15) is 0 Å². The van der Waals surface area contributed by atoms with Crippen molar-refractivity contribution in [2.75, 3.05) is 24.5 Å². The third kappa shape index (κ3) is 4.71. The molecule has 1 saturated carbocycles. The SMILES string of the molecule is Cc1cccc(N2CCN([C@@H]3CCCC[C@H]3NS(=O)(=O)c3ccccc3)C[C@@H]2C)c1. The van der Waals surface area contributed by atoms with E-state index in [4.69, 9.17) is 0 Å². The van der Waals surface area contributed by atoms with E-state index in [1.54, 1.807) is 24.3 Å². The van der Waals surface area contributed by atoms with Crippen molar-refractivity contribution in [2.24, 2.45) is 0 Å². The van der Waals surface area contributed by atoms with E-state index in [1.165, 1.54) is 17.7 Å². The lowest BCUT2D eigenvalue weighted by atomic mass is 9.89. The number of aryl methyl sites for hydroxylation is 1. The van der Waals surface area contributed by atoms with Gasteiger partial charge in [-0.1, -0.05) is 43.2 Å². The standard InChI is InChI=1S/C24H33N3O2S/c1-19-9-8-10-21(17-19)27-16-15-26(18-20(27)2)24-14-7-6-13-23(24)25-30(28,29)22-11-4-3-5-12-22/h3-5,8-12,17,20,23-25H,6-7,13-16,18H2,1-2H3/t20-,23+,24+/m0/s1. The van der Waals surface area contributed by atoms with Crippen LogP contribution in [0.15, 0.2) is 59.5 Å². The molecule has 0 radical (unpaired) electrons. The van der Waals surface area contributed by atoms with Gasteiger partial charge in [-0.25, -0.2) is 13.1 Å². The maximum Gasteiger partial charge on any atom is 0.240 e. The van der Waals surface area contributed by atoms with Gasteiger partial charge in [-0.05, 0) is 56.5 Å². The zero-order valence-corrected chi connectivity index (χ0v) is 18.8. The van der Waals surface area contributed by atoms with Crippen molar-refractivity contribution < 1.29 is 8.42 Å². The summed E-state index contributed by atoms with van der Waals surface area (Å²) < 4.78 is 28.9. The molecule has 1 N–H and O–H groups in total. The normalized spacial score (nSPS) is 25.9. The van der Waals surface area contributed by atoms with E-state index in [-0.39, 0.29) is 12.1 Å². The first kappa shape index (κ1) is 21.3. The molecule has 6 heteroatoms. The Balaban J connectivity index is 1.46. The Kier molecular flexibility index (Phi) is 6.46. The number of benzene rings is 2. The third-order valence-electron chi connectivity index (χ3n) is 6.55. The molecule has 1 heterocycles. The molecule has 0 unspecified atom stereocenters. The fourth-order valence-corrected chi connectivity index (χ4v) is 6.36. The number of nitrogens with one attached hydrogen (secondary N) is 1. The molecule has 2 fully saturated rings. The summed E-state index contributed by atoms with van der Waals surface area (Å²) in [6.07, 6.45) is 4.21. The highest BCUT2D eigenvalue weighted by Gasteiger charge is 2.36. The summed E-state index contributed by atoms with van der Waals surface area (Å²) in [6.45, 7) is 7.31. The predicted octanol–water partition coefficient (Wildman–Crippen LogP) is 3.80. The summed E-state index contributed by atoms with van der Waals surface area (Å²) in [5.74, 6) is 0. The van der Waals surface area contributed by atoms with Crippen molar-refractivity contribution in [1.82, 2.24) is 9.62 Å². The van der Waals surface area contributed by atoms with E-state index in [9.17, 15) is 8.42 Å². The van der Waals surface area contributed by atoms with Gasteiger partial charge < -0.3 is 4.90 Å². The van der Waals surface area contributed by atoms with Gasteiger partial charge in [0.2, 0.25) is 10.0 Å². The van der Waals surface area contributed by atoms with E-state index in [0.29, 0.717) is 10.9 Å². The molecular weight excluding hydrogens is 394 g/mol. The van der Waals surface area contributed by atoms with E-state index >= 15 is 0 Å². The van der Waals surface area contributed by atoms with Gasteiger partial charge in [-0.3, -0.25) is 4.90 Å². The number of hydrogen-bond donors (Lipinski definition) is 1. The first-order valence-corrected chi connectivity index (χ1v) is 12.6. The predicted molar refractivity (Wildman–Crippen MR) is 122 cm³/mol. The molecule has 4 rings (SSSR count). The van der Waals surface area contributed by atoms with E-state index in [1.807, 2.05) is 6.07 Å². The highest BCUT2D eigenvalue weighted by atomic mass is 32.2. The first-order chi connectivity index (χ1) is 14.4. The Morgan fingerprint density at radius 3 is 2.47 bits per heavy atom. The van der Waals surface area contributed by atoms with Gasteiger partial charge >= 0.3 is 0 Å². The quantitative estimate of drug-likeness (QED) is 0.789. The molecule has 2 aliphatic rings. The molecule has 3 atom stereocenters. The average molecular weight is 428 g/mol. The summed E-state index contributed by atoms with van der Waals surface area (Å²) >= 11 is 0. The van der Waals surface area contributed by atoms with Gasteiger partial charge in [0, 0.05) is 43.4 Å². The summed E-state index contributed by atoms with van der Waals surface area (Å²) in [5.41, 5.74) is 2.57. The molecule has 2 aromatic rings. The van der Waals surface area contributed by atoms with Crippen LogP contribution in [0, 0.1) is 6.92 Å². The molecule has 1 aliphatic carbocycles. The molecule has 5 nitrogen and oxygen atoms in total. The van der Waals surface area contributed by atoms with Crippen molar-refractivity contribution in [3.8, 4) is 0 Å². The van der Waals surface area contributed by atoms with E-state index in [0.717, 1.165) is 38.9 Å². The Labute approximate surface area is 181 Å². The first-order valence-electron chi connectivity index (χ1n) is 11.1. The topological polar surface area (TPSA) is 52.6 Å².